The monoisotopic (exact) mass is 396 g/mol. The van der Waals surface area contributed by atoms with E-state index in [2.05, 4.69) is 21.4 Å². The predicted molar refractivity (Wildman–Crippen MR) is 110 cm³/mol. The lowest BCUT2D eigenvalue weighted by Gasteiger charge is -2.35. The second-order valence-corrected chi connectivity index (χ2v) is 8.31. The summed E-state index contributed by atoms with van der Waals surface area (Å²) in [6.07, 6.45) is 6.51. The van der Waals surface area contributed by atoms with E-state index in [0.29, 0.717) is 37.9 Å². The molecule has 1 aliphatic heterocycles. The number of amides is 2. The predicted octanol–water partition coefficient (Wildman–Crippen LogP) is 2.74. The Balaban J connectivity index is 1.39. The molecule has 1 aromatic carbocycles. The second kappa shape index (κ2) is 8.80. The number of aliphatic hydroxyl groups is 1. The van der Waals surface area contributed by atoms with Crippen molar-refractivity contribution in [1.82, 2.24) is 15.2 Å². The molecule has 1 saturated carbocycles. The number of urea groups is 1. The number of H-pyrrole nitrogens is 1. The van der Waals surface area contributed by atoms with E-state index in [1.54, 1.807) is 11.0 Å². The van der Waals surface area contributed by atoms with Crippen molar-refractivity contribution in [2.75, 3.05) is 19.7 Å². The Bertz CT molecular complexity index is 918. The van der Waals surface area contributed by atoms with Crippen LogP contribution in [0.4, 0.5) is 4.79 Å². The van der Waals surface area contributed by atoms with Gasteiger partial charge in [-0.05, 0) is 49.1 Å². The van der Waals surface area contributed by atoms with Gasteiger partial charge in [0.25, 0.3) is 0 Å². The standard InChI is InChI=1S/C22H28N4O3/c27-13-17-9-19-18-6-1-2-7-20(18)25-21(19)12-26(17)22(29)24-11-16-5-3-4-15(8-16)10-23-14-28/h1-2,6-7,15-17,25,27H,3-5,8-13H2,(H,24,29). The molecular weight excluding hydrogens is 368 g/mol. The first kappa shape index (κ1) is 19.7. The Morgan fingerprint density at radius 1 is 1.31 bits per heavy atom. The van der Waals surface area contributed by atoms with E-state index in [4.69, 9.17) is 0 Å². The molecule has 7 heteroatoms. The van der Waals surface area contributed by atoms with Gasteiger partial charge in [-0.2, -0.15) is 0 Å². The highest BCUT2D eigenvalue weighted by Crippen LogP contribution is 2.31. The Hall–Kier alpha value is -2.63. The fraction of sp³-hybridized carbons (Fsp3) is 0.545. The highest BCUT2D eigenvalue weighted by atomic mass is 16.3. The topological polar surface area (TPSA) is 97.8 Å². The highest BCUT2D eigenvalue weighted by molar-refractivity contribution is 5.85. The molecule has 7 nitrogen and oxygen atoms in total. The molecule has 2 heterocycles. The van der Waals surface area contributed by atoms with E-state index >= 15 is 0 Å². The first-order valence-electron chi connectivity index (χ1n) is 10.5. The van der Waals surface area contributed by atoms with Crippen LogP contribution in [0.2, 0.25) is 0 Å². The summed E-state index contributed by atoms with van der Waals surface area (Å²) in [4.78, 5) is 32.2. The number of isocyanates is 1. The summed E-state index contributed by atoms with van der Waals surface area (Å²) >= 11 is 0. The number of nitrogens with one attached hydrogen (secondary N) is 2. The maximum atomic E-state index is 12.9. The number of nitrogens with zero attached hydrogens (tertiary/aromatic N) is 2. The molecule has 29 heavy (non-hydrogen) atoms. The zero-order valence-corrected chi connectivity index (χ0v) is 16.6. The summed E-state index contributed by atoms with van der Waals surface area (Å²) < 4.78 is 0. The van der Waals surface area contributed by atoms with Crippen molar-refractivity contribution >= 4 is 23.0 Å². The van der Waals surface area contributed by atoms with E-state index in [9.17, 15) is 14.7 Å². The van der Waals surface area contributed by atoms with Gasteiger partial charge >= 0.3 is 6.03 Å². The number of aromatic nitrogens is 1. The van der Waals surface area contributed by atoms with Gasteiger partial charge in [-0.25, -0.2) is 14.6 Å². The van der Waals surface area contributed by atoms with E-state index < -0.39 is 0 Å². The van der Waals surface area contributed by atoms with Gasteiger partial charge in [-0.1, -0.05) is 24.6 Å². The molecule has 1 aromatic heterocycles. The van der Waals surface area contributed by atoms with Crippen molar-refractivity contribution < 1.29 is 14.7 Å². The van der Waals surface area contributed by atoms with Gasteiger partial charge in [-0.15, -0.1) is 0 Å². The van der Waals surface area contributed by atoms with Crippen molar-refractivity contribution in [2.24, 2.45) is 16.8 Å². The van der Waals surface area contributed by atoms with E-state index in [0.717, 1.165) is 36.9 Å². The number of hydrogen-bond acceptors (Lipinski definition) is 4. The maximum absolute atomic E-state index is 12.9. The van der Waals surface area contributed by atoms with Crippen LogP contribution in [-0.4, -0.2) is 52.8 Å². The minimum Gasteiger partial charge on any atom is -0.394 e. The molecule has 2 aromatic rings. The first-order valence-corrected chi connectivity index (χ1v) is 10.5. The van der Waals surface area contributed by atoms with Gasteiger partial charge in [0.2, 0.25) is 6.08 Å². The molecule has 2 amide bonds. The molecule has 0 saturated heterocycles. The van der Waals surface area contributed by atoms with Crippen LogP contribution in [0.3, 0.4) is 0 Å². The Morgan fingerprint density at radius 2 is 2.14 bits per heavy atom. The van der Waals surface area contributed by atoms with Gasteiger partial charge in [0, 0.05) is 23.1 Å². The largest absolute Gasteiger partial charge is 0.394 e. The number of carbonyl (C=O) groups is 1. The van der Waals surface area contributed by atoms with Crippen LogP contribution in [-0.2, 0) is 17.8 Å². The zero-order valence-electron chi connectivity index (χ0n) is 16.6. The average Bonchev–Trinajstić information content (AvgIpc) is 3.13. The fourth-order valence-electron chi connectivity index (χ4n) is 4.92. The third kappa shape index (κ3) is 4.21. The molecular formula is C22H28N4O3. The molecule has 3 atom stereocenters. The summed E-state index contributed by atoms with van der Waals surface area (Å²) in [6, 6.07) is 7.80. The Kier molecular flexibility index (Phi) is 5.97. The lowest BCUT2D eigenvalue weighted by molar-refractivity contribution is 0.118. The molecule has 3 unspecified atom stereocenters. The van der Waals surface area contributed by atoms with Crippen LogP contribution >= 0.6 is 0 Å². The Labute approximate surface area is 170 Å². The number of fused-ring (bicyclic) bond motifs is 3. The van der Waals surface area contributed by atoms with Crippen molar-refractivity contribution in [3.05, 3.63) is 35.5 Å². The lowest BCUT2D eigenvalue weighted by atomic mass is 9.81. The number of aromatic amines is 1. The number of benzene rings is 1. The third-order valence-electron chi connectivity index (χ3n) is 6.43. The quantitative estimate of drug-likeness (QED) is 0.535. The fourth-order valence-corrected chi connectivity index (χ4v) is 4.92. The smallest absolute Gasteiger partial charge is 0.318 e. The summed E-state index contributed by atoms with van der Waals surface area (Å²) in [5.41, 5.74) is 3.33. The van der Waals surface area contributed by atoms with E-state index in [1.165, 1.54) is 10.9 Å². The van der Waals surface area contributed by atoms with Gasteiger partial charge in [0.15, 0.2) is 0 Å². The van der Waals surface area contributed by atoms with Crippen LogP contribution in [0.25, 0.3) is 10.9 Å². The zero-order chi connectivity index (χ0) is 20.2. The molecule has 1 aliphatic carbocycles. The van der Waals surface area contributed by atoms with Crippen molar-refractivity contribution in [2.45, 2.75) is 44.7 Å². The minimum atomic E-state index is -0.220. The third-order valence-corrected chi connectivity index (χ3v) is 6.43. The number of aliphatic imine (C=N–C) groups is 1. The first-order chi connectivity index (χ1) is 14.2. The molecule has 4 rings (SSSR count). The minimum absolute atomic E-state index is 0.0540. The molecule has 2 aliphatic rings. The SMILES string of the molecule is O=C=NCC1CCCC(CNC(=O)N2Cc3[nH]c4ccccc4c3CC2CO)C1. The van der Waals surface area contributed by atoms with Crippen molar-refractivity contribution in [3.63, 3.8) is 0 Å². The van der Waals surface area contributed by atoms with E-state index in [-0.39, 0.29) is 18.7 Å². The van der Waals surface area contributed by atoms with Gasteiger partial charge in [0.1, 0.15) is 0 Å². The molecule has 3 N–H and O–H groups in total. The lowest BCUT2D eigenvalue weighted by Crippen LogP contribution is -2.51. The van der Waals surface area contributed by atoms with Gasteiger partial charge in [0.05, 0.1) is 25.7 Å². The number of rotatable bonds is 5. The van der Waals surface area contributed by atoms with Crippen LogP contribution < -0.4 is 5.32 Å². The molecule has 0 bridgehead atoms. The van der Waals surface area contributed by atoms with Gasteiger partial charge in [-0.3, -0.25) is 0 Å². The van der Waals surface area contributed by atoms with Crippen molar-refractivity contribution in [1.29, 1.82) is 0 Å². The molecule has 1 fully saturated rings. The summed E-state index contributed by atoms with van der Waals surface area (Å²) in [7, 11) is 0. The average molecular weight is 396 g/mol. The van der Waals surface area contributed by atoms with Crippen LogP contribution in [0, 0.1) is 11.8 Å². The molecule has 154 valence electrons. The van der Waals surface area contributed by atoms with Crippen molar-refractivity contribution in [3.8, 4) is 0 Å². The summed E-state index contributed by atoms with van der Waals surface area (Å²) in [5.74, 6) is 0.807. The molecule has 0 spiro atoms. The van der Waals surface area contributed by atoms with Crippen LogP contribution in [0.1, 0.15) is 36.9 Å². The second-order valence-electron chi connectivity index (χ2n) is 8.31. The molecule has 0 radical (unpaired) electrons. The number of hydrogen-bond donors (Lipinski definition) is 3. The summed E-state index contributed by atoms with van der Waals surface area (Å²) in [6.45, 7) is 1.58. The Morgan fingerprint density at radius 3 is 2.97 bits per heavy atom. The number of para-hydroxylation sites is 1. The normalized spacial score (nSPS) is 24.0. The summed E-state index contributed by atoms with van der Waals surface area (Å²) in [5, 5.41) is 14.2. The maximum Gasteiger partial charge on any atom is 0.318 e. The van der Waals surface area contributed by atoms with Gasteiger partial charge < -0.3 is 20.3 Å². The van der Waals surface area contributed by atoms with Crippen LogP contribution in [0.15, 0.2) is 29.3 Å². The number of aliphatic hydroxyl groups excluding tert-OH is 1. The van der Waals surface area contributed by atoms with Crippen LogP contribution in [0.5, 0.6) is 0 Å². The van der Waals surface area contributed by atoms with E-state index in [1.807, 2.05) is 18.2 Å². The number of carbonyl (C=O) groups excluding carboxylic acids is 2. The highest BCUT2D eigenvalue weighted by Gasteiger charge is 2.32.